The lowest BCUT2D eigenvalue weighted by Crippen LogP contribution is -2.24. The fourth-order valence-electron chi connectivity index (χ4n) is 1.82. The van der Waals surface area contributed by atoms with Crippen molar-refractivity contribution in [2.24, 2.45) is 0 Å². The van der Waals surface area contributed by atoms with Crippen LogP contribution in [0.5, 0.6) is 0 Å². The quantitative estimate of drug-likeness (QED) is 0.820. The Morgan fingerprint density at radius 3 is 2.71 bits per heavy atom. The molecule has 112 valence electrons. The minimum absolute atomic E-state index is 0.152. The van der Waals surface area contributed by atoms with Crippen LogP contribution in [0.2, 0.25) is 0 Å². The van der Waals surface area contributed by atoms with Crippen LogP contribution in [0.4, 0.5) is 5.69 Å². The zero-order chi connectivity index (χ0) is 15.3. The minimum Gasteiger partial charge on any atom is -0.384 e. The van der Waals surface area contributed by atoms with Gasteiger partial charge in [0.2, 0.25) is 10.0 Å². The first-order valence-electron chi connectivity index (χ1n) is 6.45. The number of anilines is 1. The Labute approximate surface area is 133 Å². The van der Waals surface area contributed by atoms with Crippen molar-refractivity contribution in [2.75, 3.05) is 11.9 Å². The van der Waals surface area contributed by atoms with E-state index in [0.29, 0.717) is 12.2 Å². The maximum Gasteiger partial charge on any atom is 0.244 e. The van der Waals surface area contributed by atoms with Crippen molar-refractivity contribution >= 4 is 31.6 Å². The average Bonchev–Trinajstić information content (AvgIpc) is 2.47. The predicted molar refractivity (Wildman–Crippen MR) is 86.6 cm³/mol. The van der Waals surface area contributed by atoms with E-state index in [1.807, 2.05) is 31.2 Å². The van der Waals surface area contributed by atoms with Gasteiger partial charge in [0, 0.05) is 30.0 Å². The summed E-state index contributed by atoms with van der Waals surface area (Å²) in [5.41, 5.74) is 1.42. The van der Waals surface area contributed by atoms with Gasteiger partial charge in [-0.3, -0.25) is 4.98 Å². The molecule has 0 fully saturated rings. The van der Waals surface area contributed by atoms with Crippen molar-refractivity contribution in [1.82, 2.24) is 9.71 Å². The molecule has 7 heteroatoms. The Morgan fingerprint density at radius 1 is 1.24 bits per heavy atom. The molecule has 0 saturated carbocycles. The van der Waals surface area contributed by atoms with Gasteiger partial charge in [-0.2, -0.15) is 0 Å². The monoisotopic (exact) mass is 369 g/mol. The maximum absolute atomic E-state index is 12.4. The molecule has 0 bridgehead atoms. The van der Waals surface area contributed by atoms with E-state index in [1.54, 1.807) is 12.3 Å². The van der Waals surface area contributed by atoms with Crippen molar-refractivity contribution in [2.45, 2.75) is 18.4 Å². The highest BCUT2D eigenvalue weighted by Crippen LogP contribution is 2.21. The molecule has 0 atom stereocenters. The first kappa shape index (κ1) is 15.9. The molecule has 0 spiro atoms. The van der Waals surface area contributed by atoms with Gasteiger partial charge < -0.3 is 5.32 Å². The molecule has 0 saturated heterocycles. The van der Waals surface area contributed by atoms with Gasteiger partial charge in [0.25, 0.3) is 0 Å². The molecule has 0 amide bonds. The van der Waals surface area contributed by atoms with Crippen LogP contribution in [0, 0.1) is 0 Å². The molecule has 1 heterocycles. The predicted octanol–water partition coefficient (Wildman–Crippen LogP) is 2.75. The Bertz CT molecular complexity index is 720. The topological polar surface area (TPSA) is 71.1 Å². The highest BCUT2D eigenvalue weighted by Gasteiger charge is 2.18. The standard InChI is InChI=1S/C14H16BrN3O2S/c1-2-17-13-7-8-16-10-14(13)21(19,20)18-9-11-5-3-4-6-12(11)15/h3-8,10,18H,2,9H2,1H3,(H,16,17). The van der Waals surface area contributed by atoms with Crippen molar-refractivity contribution in [3.8, 4) is 0 Å². The summed E-state index contributed by atoms with van der Waals surface area (Å²) in [6.07, 6.45) is 2.91. The molecule has 0 radical (unpaired) electrons. The van der Waals surface area contributed by atoms with Crippen molar-refractivity contribution < 1.29 is 8.42 Å². The molecule has 1 aromatic carbocycles. The van der Waals surface area contributed by atoms with E-state index in [1.165, 1.54) is 6.20 Å². The molecule has 5 nitrogen and oxygen atoms in total. The van der Waals surface area contributed by atoms with E-state index in [4.69, 9.17) is 0 Å². The van der Waals surface area contributed by atoms with Crippen LogP contribution in [0.3, 0.4) is 0 Å². The van der Waals surface area contributed by atoms with Crippen molar-refractivity contribution in [1.29, 1.82) is 0 Å². The molecule has 1 aromatic heterocycles. The fourth-order valence-corrected chi connectivity index (χ4v) is 3.38. The zero-order valence-electron chi connectivity index (χ0n) is 11.5. The molecular weight excluding hydrogens is 354 g/mol. The van der Waals surface area contributed by atoms with E-state index in [9.17, 15) is 8.42 Å². The van der Waals surface area contributed by atoms with Gasteiger partial charge in [-0.1, -0.05) is 34.1 Å². The SMILES string of the molecule is CCNc1ccncc1S(=O)(=O)NCc1ccccc1Br. The Morgan fingerprint density at radius 2 is 2.00 bits per heavy atom. The molecule has 2 aromatic rings. The van der Waals surface area contributed by atoms with Gasteiger partial charge >= 0.3 is 0 Å². The minimum atomic E-state index is -3.62. The molecule has 0 aliphatic rings. The van der Waals surface area contributed by atoms with Gasteiger partial charge in [0.15, 0.2) is 0 Å². The second kappa shape index (κ2) is 7.02. The summed E-state index contributed by atoms with van der Waals surface area (Å²) in [6, 6.07) is 9.13. The Balaban J connectivity index is 2.21. The summed E-state index contributed by atoms with van der Waals surface area (Å²) in [5, 5.41) is 3.02. The van der Waals surface area contributed by atoms with Crippen LogP contribution in [-0.4, -0.2) is 19.9 Å². The van der Waals surface area contributed by atoms with Crippen LogP contribution < -0.4 is 10.0 Å². The summed E-state index contributed by atoms with van der Waals surface area (Å²) in [6.45, 7) is 2.76. The van der Waals surface area contributed by atoms with Crippen molar-refractivity contribution in [3.05, 3.63) is 52.8 Å². The number of halogens is 1. The van der Waals surface area contributed by atoms with Crippen LogP contribution in [0.1, 0.15) is 12.5 Å². The maximum atomic E-state index is 12.4. The van der Waals surface area contributed by atoms with Gasteiger partial charge in [0.1, 0.15) is 4.90 Å². The second-order valence-corrected chi connectivity index (χ2v) is 6.91. The number of nitrogens with zero attached hydrogens (tertiary/aromatic N) is 1. The lowest BCUT2D eigenvalue weighted by atomic mass is 10.2. The van der Waals surface area contributed by atoms with Gasteiger partial charge in [0.05, 0.1) is 5.69 Å². The molecule has 0 aliphatic carbocycles. The van der Waals surface area contributed by atoms with E-state index < -0.39 is 10.0 Å². The third-order valence-corrected chi connectivity index (χ3v) is 5.05. The smallest absolute Gasteiger partial charge is 0.244 e. The van der Waals surface area contributed by atoms with Gasteiger partial charge in [-0.05, 0) is 24.6 Å². The summed E-state index contributed by atoms with van der Waals surface area (Å²) in [5.74, 6) is 0. The number of sulfonamides is 1. The van der Waals surface area contributed by atoms with Crippen LogP contribution in [0.25, 0.3) is 0 Å². The van der Waals surface area contributed by atoms with Crippen LogP contribution >= 0.6 is 15.9 Å². The highest BCUT2D eigenvalue weighted by atomic mass is 79.9. The van der Waals surface area contributed by atoms with Crippen LogP contribution in [-0.2, 0) is 16.6 Å². The first-order valence-corrected chi connectivity index (χ1v) is 8.73. The Hall–Kier alpha value is -1.44. The molecule has 0 aliphatic heterocycles. The summed E-state index contributed by atoms with van der Waals surface area (Å²) < 4.78 is 28.3. The third-order valence-electron chi connectivity index (χ3n) is 2.85. The molecule has 2 rings (SSSR count). The zero-order valence-corrected chi connectivity index (χ0v) is 13.9. The summed E-state index contributed by atoms with van der Waals surface area (Å²) >= 11 is 3.40. The fraction of sp³-hybridized carbons (Fsp3) is 0.214. The highest BCUT2D eigenvalue weighted by molar-refractivity contribution is 9.10. The number of pyridine rings is 1. The second-order valence-electron chi connectivity index (χ2n) is 4.32. The van der Waals surface area contributed by atoms with Crippen LogP contribution in [0.15, 0.2) is 52.1 Å². The van der Waals surface area contributed by atoms with E-state index in [2.05, 4.69) is 31.0 Å². The number of rotatable bonds is 6. The third kappa shape index (κ3) is 4.03. The molecular formula is C14H16BrN3O2S. The largest absolute Gasteiger partial charge is 0.384 e. The average molecular weight is 370 g/mol. The lowest BCUT2D eigenvalue weighted by molar-refractivity contribution is 0.581. The summed E-state index contributed by atoms with van der Waals surface area (Å²) in [7, 11) is -3.62. The Kier molecular flexibility index (Phi) is 5.33. The first-order chi connectivity index (χ1) is 10.0. The molecule has 0 unspecified atom stereocenters. The number of hydrogen-bond acceptors (Lipinski definition) is 4. The van der Waals surface area contributed by atoms with Gasteiger partial charge in [-0.25, -0.2) is 13.1 Å². The van der Waals surface area contributed by atoms with E-state index in [0.717, 1.165) is 10.0 Å². The molecule has 2 N–H and O–H groups in total. The number of aromatic nitrogens is 1. The summed E-state index contributed by atoms with van der Waals surface area (Å²) in [4.78, 5) is 4.05. The van der Waals surface area contributed by atoms with E-state index in [-0.39, 0.29) is 11.4 Å². The normalized spacial score (nSPS) is 11.3. The number of hydrogen-bond donors (Lipinski definition) is 2. The number of nitrogens with one attached hydrogen (secondary N) is 2. The lowest BCUT2D eigenvalue weighted by Gasteiger charge is -2.12. The van der Waals surface area contributed by atoms with E-state index >= 15 is 0 Å². The van der Waals surface area contributed by atoms with Gasteiger partial charge in [-0.15, -0.1) is 0 Å². The number of benzene rings is 1. The molecule has 21 heavy (non-hydrogen) atoms. The van der Waals surface area contributed by atoms with Crippen molar-refractivity contribution in [3.63, 3.8) is 0 Å².